The fourth-order valence-corrected chi connectivity index (χ4v) is 2.77. The molecule has 0 aliphatic heterocycles. The number of aromatic nitrogens is 2. The largest absolute Gasteiger partial charge is 0.355 e. The predicted molar refractivity (Wildman–Crippen MR) is 72.9 cm³/mol. The summed E-state index contributed by atoms with van der Waals surface area (Å²) in [5.74, 6) is 0.0254. The Kier molecular flexibility index (Phi) is 3.98. The number of amides is 1. The Hall–Kier alpha value is -1.40. The lowest BCUT2D eigenvalue weighted by molar-refractivity contribution is -0.120. The molecule has 0 atom stereocenters. The van der Waals surface area contributed by atoms with Gasteiger partial charge in [-0.05, 0) is 20.8 Å². The molecule has 2 rings (SSSR count). The Morgan fingerprint density at radius 2 is 2.28 bits per heavy atom. The first-order valence-corrected chi connectivity index (χ1v) is 6.85. The maximum Gasteiger partial charge on any atom is 0.233 e. The van der Waals surface area contributed by atoms with Crippen molar-refractivity contribution < 1.29 is 4.79 Å². The lowest BCUT2D eigenvalue weighted by atomic mass is 10.3. The molecule has 18 heavy (non-hydrogen) atoms. The van der Waals surface area contributed by atoms with Crippen molar-refractivity contribution in [2.45, 2.75) is 27.3 Å². The molecular formula is C12H18N4OS. The summed E-state index contributed by atoms with van der Waals surface area (Å²) in [4.78, 5) is 18.1. The lowest BCUT2D eigenvalue weighted by Crippen LogP contribution is -2.33. The van der Waals surface area contributed by atoms with Crippen LogP contribution in [0.5, 0.6) is 0 Å². The molecule has 0 unspecified atom stereocenters. The van der Waals surface area contributed by atoms with Crippen molar-refractivity contribution in [3.8, 4) is 0 Å². The summed E-state index contributed by atoms with van der Waals surface area (Å²) in [6, 6.07) is 0. The van der Waals surface area contributed by atoms with Crippen LogP contribution in [0.4, 0.5) is 0 Å². The van der Waals surface area contributed by atoms with E-state index in [-0.39, 0.29) is 5.91 Å². The lowest BCUT2D eigenvalue weighted by Gasteiger charge is -2.05. The molecule has 2 aromatic rings. The molecule has 0 aromatic carbocycles. The molecule has 2 heterocycles. The van der Waals surface area contributed by atoms with Crippen molar-refractivity contribution in [1.82, 2.24) is 20.0 Å². The van der Waals surface area contributed by atoms with Crippen molar-refractivity contribution in [3.05, 3.63) is 22.5 Å². The summed E-state index contributed by atoms with van der Waals surface area (Å²) < 4.78 is 2.10. The van der Waals surface area contributed by atoms with E-state index in [2.05, 4.69) is 33.1 Å². The highest BCUT2D eigenvalue weighted by Gasteiger charge is 2.10. The molecule has 5 nitrogen and oxygen atoms in total. The summed E-state index contributed by atoms with van der Waals surface area (Å²) in [7, 11) is 0. The predicted octanol–water partition coefficient (Wildman–Crippen LogP) is 1.24. The summed E-state index contributed by atoms with van der Waals surface area (Å²) >= 11 is 1.68. The van der Waals surface area contributed by atoms with Crippen LogP contribution in [0.3, 0.4) is 0 Å². The monoisotopic (exact) mass is 266 g/mol. The van der Waals surface area contributed by atoms with Crippen LogP contribution >= 0.6 is 11.3 Å². The Morgan fingerprint density at radius 3 is 3.00 bits per heavy atom. The first-order valence-electron chi connectivity index (χ1n) is 6.03. The van der Waals surface area contributed by atoms with Gasteiger partial charge in [0.1, 0.15) is 0 Å². The van der Waals surface area contributed by atoms with Crippen molar-refractivity contribution >= 4 is 22.2 Å². The van der Waals surface area contributed by atoms with E-state index >= 15 is 0 Å². The highest BCUT2D eigenvalue weighted by Crippen LogP contribution is 2.20. The van der Waals surface area contributed by atoms with Gasteiger partial charge in [-0.3, -0.25) is 9.20 Å². The van der Waals surface area contributed by atoms with Gasteiger partial charge < -0.3 is 10.6 Å². The Bertz CT molecular complexity index is 558. The maximum absolute atomic E-state index is 11.3. The number of fused-ring (bicyclic) bond motifs is 1. The van der Waals surface area contributed by atoms with Gasteiger partial charge in [0.2, 0.25) is 5.91 Å². The quantitative estimate of drug-likeness (QED) is 0.856. The smallest absolute Gasteiger partial charge is 0.233 e. The van der Waals surface area contributed by atoms with Crippen molar-refractivity contribution in [2.24, 2.45) is 0 Å². The molecular weight excluding hydrogens is 248 g/mol. The van der Waals surface area contributed by atoms with E-state index in [0.29, 0.717) is 19.6 Å². The third-order valence-electron chi connectivity index (χ3n) is 2.69. The van der Waals surface area contributed by atoms with E-state index in [1.807, 2.05) is 13.8 Å². The molecule has 0 spiro atoms. The number of nitrogens with one attached hydrogen (secondary N) is 2. The minimum Gasteiger partial charge on any atom is -0.355 e. The summed E-state index contributed by atoms with van der Waals surface area (Å²) in [6.07, 6.45) is 2.09. The Labute approximate surface area is 110 Å². The zero-order valence-corrected chi connectivity index (χ0v) is 11.7. The first-order chi connectivity index (χ1) is 8.61. The molecule has 0 radical (unpaired) electrons. The fourth-order valence-electron chi connectivity index (χ4n) is 1.88. The minimum atomic E-state index is 0.0254. The van der Waals surface area contributed by atoms with Gasteiger partial charge in [-0.2, -0.15) is 0 Å². The van der Waals surface area contributed by atoms with Gasteiger partial charge in [-0.25, -0.2) is 4.98 Å². The molecule has 0 aliphatic rings. The first kappa shape index (κ1) is 13.0. The van der Waals surface area contributed by atoms with Crippen molar-refractivity contribution in [2.75, 3.05) is 13.1 Å². The van der Waals surface area contributed by atoms with Crippen LogP contribution in [0, 0.1) is 13.8 Å². The maximum atomic E-state index is 11.3. The summed E-state index contributed by atoms with van der Waals surface area (Å²) in [5.41, 5.74) is 2.14. The highest BCUT2D eigenvalue weighted by atomic mass is 32.1. The molecule has 1 amide bonds. The molecule has 0 fully saturated rings. The minimum absolute atomic E-state index is 0.0254. The third kappa shape index (κ3) is 2.70. The van der Waals surface area contributed by atoms with E-state index in [1.165, 1.54) is 4.88 Å². The van der Waals surface area contributed by atoms with E-state index in [9.17, 15) is 4.79 Å². The highest BCUT2D eigenvalue weighted by molar-refractivity contribution is 7.17. The van der Waals surface area contributed by atoms with Crippen LogP contribution in [-0.2, 0) is 11.3 Å². The van der Waals surface area contributed by atoms with Crippen molar-refractivity contribution in [1.29, 1.82) is 0 Å². The van der Waals surface area contributed by atoms with Crippen LogP contribution in [0.2, 0.25) is 0 Å². The second kappa shape index (κ2) is 5.49. The summed E-state index contributed by atoms with van der Waals surface area (Å²) in [5, 5.41) is 5.91. The molecule has 6 heteroatoms. The van der Waals surface area contributed by atoms with Gasteiger partial charge >= 0.3 is 0 Å². The number of carbonyl (C=O) groups is 1. The molecule has 0 aliphatic carbocycles. The molecule has 2 aromatic heterocycles. The Balaban J connectivity index is 2.02. The number of imidazole rings is 1. The van der Waals surface area contributed by atoms with Gasteiger partial charge in [-0.15, -0.1) is 11.3 Å². The normalized spacial score (nSPS) is 11.1. The second-order valence-electron chi connectivity index (χ2n) is 4.20. The van der Waals surface area contributed by atoms with Gasteiger partial charge in [-0.1, -0.05) is 0 Å². The number of nitrogens with zero attached hydrogens (tertiary/aromatic N) is 2. The van der Waals surface area contributed by atoms with Crippen LogP contribution in [0.1, 0.15) is 23.2 Å². The SMILES string of the molecule is CCNC(=O)CNCc1c(C)nc2sc(C)cn12. The van der Waals surface area contributed by atoms with E-state index in [1.54, 1.807) is 11.3 Å². The molecule has 0 saturated carbocycles. The van der Waals surface area contributed by atoms with Crippen LogP contribution in [-0.4, -0.2) is 28.4 Å². The van der Waals surface area contributed by atoms with E-state index < -0.39 is 0 Å². The number of carbonyl (C=O) groups excluding carboxylic acids is 1. The number of thiazole rings is 1. The molecule has 0 bridgehead atoms. The number of likely N-dealkylation sites (N-methyl/N-ethyl adjacent to an activating group) is 1. The van der Waals surface area contributed by atoms with Crippen molar-refractivity contribution in [3.63, 3.8) is 0 Å². The van der Waals surface area contributed by atoms with E-state index in [0.717, 1.165) is 16.3 Å². The topological polar surface area (TPSA) is 58.4 Å². The number of hydrogen-bond donors (Lipinski definition) is 2. The van der Waals surface area contributed by atoms with Crippen LogP contribution in [0.15, 0.2) is 6.20 Å². The van der Waals surface area contributed by atoms with Gasteiger partial charge in [0.05, 0.1) is 17.9 Å². The average molecular weight is 266 g/mol. The zero-order valence-electron chi connectivity index (χ0n) is 10.9. The zero-order chi connectivity index (χ0) is 13.1. The summed E-state index contributed by atoms with van der Waals surface area (Å²) in [6.45, 7) is 7.64. The molecule has 98 valence electrons. The standard InChI is InChI=1S/C12H18N4OS/c1-4-14-11(17)6-13-5-10-9(3)15-12-16(10)7-8(2)18-12/h7,13H,4-6H2,1-3H3,(H,14,17). The second-order valence-corrected chi connectivity index (χ2v) is 5.41. The number of aryl methyl sites for hydroxylation is 2. The van der Waals surface area contributed by atoms with Gasteiger partial charge in [0, 0.05) is 24.2 Å². The fraction of sp³-hybridized carbons (Fsp3) is 0.500. The number of rotatable bonds is 5. The van der Waals surface area contributed by atoms with Gasteiger partial charge in [0.25, 0.3) is 0 Å². The Morgan fingerprint density at radius 1 is 1.50 bits per heavy atom. The molecule has 2 N–H and O–H groups in total. The average Bonchev–Trinajstić information content (AvgIpc) is 2.77. The number of hydrogen-bond acceptors (Lipinski definition) is 4. The van der Waals surface area contributed by atoms with Crippen LogP contribution in [0.25, 0.3) is 4.96 Å². The molecule has 0 saturated heterocycles. The van der Waals surface area contributed by atoms with Gasteiger partial charge in [0.15, 0.2) is 4.96 Å². The third-order valence-corrected chi connectivity index (χ3v) is 3.59. The van der Waals surface area contributed by atoms with E-state index in [4.69, 9.17) is 0 Å². The van der Waals surface area contributed by atoms with Crippen LogP contribution < -0.4 is 10.6 Å².